The van der Waals surface area contributed by atoms with Crippen LogP contribution >= 0.6 is 0 Å². The lowest BCUT2D eigenvalue weighted by atomic mass is 10.1. The summed E-state index contributed by atoms with van der Waals surface area (Å²) in [4.78, 5) is 0. The number of allylic oxidation sites excluding steroid dienone is 4. The van der Waals surface area contributed by atoms with Gasteiger partial charge in [0.2, 0.25) is 0 Å². The van der Waals surface area contributed by atoms with Crippen LogP contribution in [0.4, 0.5) is 0 Å². The molecule has 0 nitrogen and oxygen atoms in total. The normalized spacial score (nSPS) is 10.4. The van der Waals surface area contributed by atoms with Crippen molar-refractivity contribution < 1.29 is 0 Å². The lowest BCUT2D eigenvalue weighted by Gasteiger charge is -1.98. The average Bonchev–Trinajstić information content (AvgIpc) is 1.88. The molecule has 10 heavy (non-hydrogen) atoms. The molecule has 0 heteroatoms. The molecule has 0 N–H and O–H groups in total. The largest absolute Gasteiger partial charge is 0.0916 e. The molecule has 0 aliphatic rings. The van der Waals surface area contributed by atoms with Crippen LogP contribution in [0.1, 0.15) is 34.1 Å². The van der Waals surface area contributed by atoms with Gasteiger partial charge >= 0.3 is 0 Å². The summed E-state index contributed by atoms with van der Waals surface area (Å²) in [5, 5.41) is 0. The Hall–Kier alpha value is -0.520. The molecule has 0 bridgehead atoms. The molecule has 0 heterocycles. The highest BCUT2D eigenvalue weighted by molar-refractivity contribution is 5.17. The van der Waals surface area contributed by atoms with E-state index in [1.54, 1.807) is 0 Å². The maximum atomic E-state index is 2.25. The smallest absolute Gasteiger partial charge is 0.0100 e. The van der Waals surface area contributed by atoms with Gasteiger partial charge in [0.15, 0.2) is 0 Å². The van der Waals surface area contributed by atoms with E-state index in [0.29, 0.717) is 0 Å². The zero-order valence-electron chi connectivity index (χ0n) is 7.44. The predicted octanol–water partition coefficient (Wildman–Crippen LogP) is 3.51. The van der Waals surface area contributed by atoms with Gasteiger partial charge in [-0.05, 0) is 40.5 Å². The first kappa shape index (κ1) is 9.48. The van der Waals surface area contributed by atoms with Gasteiger partial charge in [-0.25, -0.2) is 0 Å². The third kappa shape index (κ3) is 4.37. The van der Waals surface area contributed by atoms with Crippen molar-refractivity contribution in [1.29, 1.82) is 0 Å². The fourth-order valence-electron chi connectivity index (χ4n) is 0.585. The Morgan fingerprint density at radius 1 is 1.20 bits per heavy atom. The fourth-order valence-corrected chi connectivity index (χ4v) is 0.585. The van der Waals surface area contributed by atoms with Crippen molar-refractivity contribution in [1.82, 2.24) is 0 Å². The third-order valence-corrected chi connectivity index (χ3v) is 1.58. The molecule has 0 spiro atoms. The Kier molecular flexibility index (Phi) is 5.00. The first-order valence-electron chi connectivity index (χ1n) is 3.77. The molecule has 0 fully saturated rings. The lowest BCUT2D eigenvalue weighted by Crippen LogP contribution is -1.80. The van der Waals surface area contributed by atoms with Gasteiger partial charge in [0, 0.05) is 0 Å². The molecular weight excluding hydrogens is 120 g/mol. The molecule has 0 aromatic rings. The van der Waals surface area contributed by atoms with Crippen LogP contribution in [0.3, 0.4) is 0 Å². The van der Waals surface area contributed by atoms with Gasteiger partial charge in [-0.1, -0.05) is 23.3 Å². The van der Waals surface area contributed by atoms with Crippen molar-refractivity contribution in [3.05, 3.63) is 29.7 Å². The minimum atomic E-state index is 1.06. The van der Waals surface area contributed by atoms with Gasteiger partial charge in [0.05, 0.1) is 0 Å². The van der Waals surface area contributed by atoms with Crippen LogP contribution in [-0.4, -0.2) is 0 Å². The van der Waals surface area contributed by atoms with Gasteiger partial charge in [-0.15, -0.1) is 0 Å². The Labute approximate surface area is 64.6 Å². The summed E-state index contributed by atoms with van der Waals surface area (Å²) in [6.07, 6.45) is 7.55. The van der Waals surface area contributed by atoms with Crippen molar-refractivity contribution in [2.45, 2.75) is 34.1 Å². The van der Waals surface area contributed by atoms with E-state index >= 15 is 0 Å². The average molecular weight is 137 g/mol. The Morgan fingerprint density at radius 2 is 1.80 bits per heavy atom. The molecule has 0 atom stereocenters. The molecule has 0 aromatic heterocycles. The summed E-state index contributed by atoms with van der Waals surface area (Å²) in [6.45, 7) is 8.48. The lowest BCUT2D eigenvalue weighted by molar-refractivity contribution is 1.15. The van der Waals surface area contributed by atoms with Crippen LogP contribution < -0.4 is 0 Å². The van der Waals surface area contributed by atoms with E-state index in [1.807, 2.05) is 6.92 Å². The highest BCUT2D eigenvalue weighted by Gasteiger charge is 1.89. The minimum absolute atomic E-state index is 1.06. The summed E-state index contributed by atoms with van der Waals surface area (Å²) in [6, 6.07) is 0. The summed E-state index contributed by atoms with van der Waals surface area (Å²) >= 11 is 0. The zero-order chi connectivity index (χ0) is 7.98. The SMILES string of the molecule is CC=CC[CH]C(C)=C(C)C. The van der Waals surface area contributed by atoms with Crippen molar-refractivity contribution >= 4 is 0 Å². The molecule has 0 unspecified atom stereocenters. The molecule has 0 aliphatic heterocycles. The van der Waals surface area contributed by atoms with Crippen molar-refractivity contribution in [2.75, 3.05) is 0 Å². The van der Waals surface area contributed by atoms with Crippen molar-refractivity contribution in [3.8, 4) is 0 Å². The number of rotatable bonds is 3. The van der Waals surface area contributed by atoms with E-state index in [4.69, 9.17) is 0 Å². The summed E-state index contributed by atoms with van der Waals surface area (Å²) in [5.41, 5.74) is 2.81. The maximum absolute atomic E-state index is 2.25. The molecule has 0 saturated heterocycles. The van der Waals surface area contributed by atoms with E-state index in [2.05, 4.69) is 39.3 Å². The van der Waals surface area contributed by atoms with Crippen molar-refractivity contribution in [2.24, 2.45) is 0 Å². The van der Waals surface area contributed by atoms with Gasteiger partial charge < -0.3 is 0 Å². The van der Waals surface area contributed by atoms with Gasteiger partial charge in [0.1, 0.15) is 0 Å². The van der Waals surface area contributed by atoms with Gasteiger partial charge in [0.25, 0.3) is 0 Å². The van der Waals surface area contributed by atoms with E-state index in [-0.39, 0.29) is 0 Å². The molecule has 1 radical (unpaired) electrons. The molecule has 57 valence electrons. The second-order valence-corrected chi connectivity index (χ2v) is 2.69. The number of hydrogen-bond donors (Lipinski definition) is 0. The summed E-state index contributed by atoms with van der Waals surface area (Å²) < 4.78 is 0. The van der Waals surface area contributed by atoms with Crippen LogP contribution in [0, 0.1) is 6.42 Å². The Balaban J connectivity index is 3.60. The quantitative estimate of drug-likeness (QED) is 0.522. The highest BCUT2D eigenvalue weighted by Crippen LogP contribution is 2.08. The van der Waals surface area contributed by atoms with Crippen molar-refractivity contribution in [3.63, 3.8) is 0 Å². The second kappa shape index (κ2) is 5.28. The molecule has 0 saturated carbocycles. The monoisotopic (exact) mass is 137 g/mol. The molecule has 0 amide bonds. The second-order valence-electron chi connectivity index (χ2n) is 2.69. The van der Waals surface area contributed by atoms with E-state index < -0.39 is 0 Å². The van der Waals surface area contributed by atoms with Crippen LogP contribution in [0.2, 0.25) is 0 Å². The molecule has 0 rings (SSSR count). The third-order valence-electron chi connectivity index (χ3n) is 1.58. The highest BCUT2D eigenvalue weighted by atomic mass is 13.9. The number of hydrogen-bond acceptors (Lipinski definition) is 0. The molecular formula is C10H17. The first-order valence-corrected chi connectivity index (χ1v) is 3.77. The van der Waals surface area contributed by atoms with Crippen LogP contribution in [0.25, 0.3) is 0 Å². The topological polar surface area (TPSA) is 0 Å². The summed E-state index contributed by atoms with van der Waals surface area (Å²) in [7, 11) is 0. The van der Waals surface area contributed by atoms with Gasteiger partial charge in [-0.2, -0.15) is 0 Å². The maximum Gasteiger partial charge on any atom is -0.0100 e. The standard InChI is InChI=1S/C10H17/c1-5-6-7-8-10(4)9(2)3/h5-6,8H,7H2,1-4H3. The predicted molar refractivity (Wildman–Crippen MR) is 47.8 cm³/mol. The Bertz CT molecular complexity index is 134. The van der Waals surface area contributed by atoms with Gasteiger partial charge in [-0.3, -0.25) is 0 Å². The fraction of sp³-hybridized carbons (Fsp3) is 0.500. The zero-order valence-corrected chi connectivity index (χ0v) is 7.44. The van der Waals surface area contributed by atoms with Crippen LogP contribution in [-0.2, 0) is 0 Å². The summed E-state index contributed by atoms with van der Waals surface area (Å²) in [5.74, 6) is 0. The minimum Gasteiger partial charge on any atom is -0.0916 e. The van der Waals surface area contributed by atoms with E-state index in [0.717, 1.165) is 6.42 Å². The Morgan fingerprint density at radius 3 is 2.20 bits per heavy atom. The van der Waals surface area contributed by atoms with E-state index in [1.165, 1.54) is 11.1 Å². The van der Waals surface area contributed by atoms with Crippen LogP contribution in [0.15, 0.2) is 23.3 Å². The van der Waals surface area contributed by atoms with E-state index in [9.17, 15) is 0 Å². The first-order chi connectivity index (χ1) is 4.68. The molecule has 0 aromatic carbocycles. The van der Waals surface area contributed by atoms with Crippen LogP contribution in [0.5, 0.6) is 0 Å². The molecule has 0 aliphatic carbocycles.